The number of aromatic amines is 2. The van der Waals surface area contributed by atoms with Gasteiger partial charge in [0.2, 0.25) is 0 Å². The van der Waals surface area contributed by atoms with Crippen LogP contribution < -0.4 is 16.6 Å². The number of anilines is 1. The van der Waals surface area contributed by atoms with Crippen molar-refractivity contribution in [3.63, 3.8) is 0 Å². The first-order chi connectivity index (χ1) is 12.0. The molecule has 0 saturated heterocycles. The van der Waals surface area contributed by atoms with Gasteiger partial charge in [-0.25, -0.2) is 4.79 Å². The molecule has 1 atom stereocenters. The standard InChI is InChI=1S/C17H14BrN3O4/c18-7-4-5-10(22)8(6-7)12-13-9(2-1-3-11(13)23)19-15-14(12)16(24)21-17(25)20-15/h4-6,12,22H,1-3H2,(H3,19,20,21,24,25)/t12-/m0/s1. The highest BCUT2D eigenvalue weighted by atomic mass is 79.9. The fourth-order valence-corrected chi connectivity index (χ4v) is 3.94. The third-order valence-corrected chi connectivity index (χ3v) is 5.08. The van der Waals surface area contributed by atoms with Gasteiger partial charge in [0.25, 0.3) is 5.56 Å². The number of rotatable bonds is 1. The lowest BCUT2D eigenvalue weighted by atomic mass is 9.76. The van der Waals surface area contributed by atoms with E-state index in [-0.39, 0.29) is 22.9 Å². The van der Waals surface area contributed by atoms with E-state index in [1.165, 1.54) is 6.07 Å². The molecule has 0 bridgehead atoms. The van der Waals surface area contributed by atoms with Crippen LogP contribution in [0.15, 0.2) is 43.5 Å². The first-order valence-electron chi connectivity index (χ1n) is 7.84. The van der Waals surface area contributed by atoms with Crippen molar-refractivity contribution in [1.82, 2.24) is 9.97 Å². The molecule has 1 aliphatic carbocycles. The number of carbonyl (C=O) groups is 1. The molecular formula is C17H14BrN3O4. The normalized spacial score (nSPS) is 19.2. The van der Waals surface area contributed by atoms with Crippen LogP contribution in [-0.4, -0.2) is 20.9 Å². The van der Waals surface area contributed by atoms with Gasteiger partial charge in [-0.3, -0.25) is 19.6 Å². The maximum atomic E-state index is 12.6. The van der Waals surface area contributed by atoms with Crippen molar-refractivity contribution in [2.45, 2.75) is 25.2 Å². The van der Waals surface area contributed by atoms with Crippen molar-refractivity contribution in [2.24, 2.45) is 0 Å². The number of allylic oxidation sites excluding steroid dienone is 2. The van der Waals surface area contributed by atoms with Crippen molar-refractivity contribution in [3.05, 3.63) is 65.9 Å². The maximum Gasteiger partial charge on any atom is 0.327 e. The Morgan fingerprint density at radius 3 is 2.72 bits per heavy atom. The predicted molar refractivity (Wildman–Crippen MR) is 94.8 cm³/mol. The molecule has 0 unspecified atom stereocenters. The number of halogens is 1. The number of benzene rings is 1. The molecule has 2 heterocycles. The molecule has 2 aliphatic rings. The number of carbonyl (C=O) groups excluding carboxylic acids is 1. The van der Waals surface area contributed by atoms with E-state index in [0.717, 1.165) is 0 Å². The van der Waals surface area contributed by atoms with Crippen molar-refractivity contribution in [2.75, 3.05) is 5.32 Å². The van der Waals surface area contributed by atoms with Crippen molar-refractivity contribution >= 4 is 27.5 Å². The molecule has 0 amide bonds. The number of H-pyrrole nitrogens is 2. The molecule has 1 aromatic carbocycles. The lowest BCUT2D eigenvalue weighted by Crippen LogP contribution is -2.36. The Balaban J connectivity index is 2.07. The smallest absolute Gasteiger partial charge is 0.327 e. The van der Waals surface area contributed by atoms with E-state index in [4.69, 9.17) is 0 Å². The third kappa shape index (κ3) is 2.53. The first kappa shape index (κ1) is 15.9. The van der Waals surface area contributed by atoms with Crippen LogP contribution in [0.5, 0.6) is 5.75 Å². The average Bonchev–Trinajstić information content (AvgIpc) is 2.55. The number of hydrogen-bond donors (Lipinski definition) is 4. The SMILES string of the molecule is O=C1CCCC2=C1[C@H](c1cc(Br)ccc1O)c1c([nH]c(=O)[nH]c1=O)N2. The van der Waals surface area contributed by atoms with E-state index in [1.54, 1.807) is 12.1 Å². The molecule has 1 aromatic heterocycles. The van der Waals surface area contributed by atoms with Gasteiger partial charge < -0.3 is 10.4 Å². The Morgan fingerprint density at radius 2 is 1.92 bits per heavy atom. The lowest BCUT2D eigenvalue weighted by molar-refractivity contribution is -0.116. The molecule has 25 heavy (non-hydrogen) atoms. The molecule has 8 heteroatoms. The van der Waals surface area contributed by atoms with Crippen LogP contribution in [0.4, 0.5) is 5.82 Å². The van der Waals surface area contributed by atoms with E-state index < -0.39 is 17.2 Å². The van der Waals surface area contributed by atoms with Gasteiger partial charge in [0.15, 0.2) is 5.78 Å². The van der Waals surface area contributed by atoms with Crippen molar-refractivity contribution < 1.29 is 9.90 Å². The summed E-state index contributed by atoms with van der Waals surface area (Å²) >= 11 is 3.36. The highest BCUT2D eigenvalue weighted by Gasteiger charge is 2.38. The highest BCUT2D eigenvalue weighted by Crippen LogP contribution is 2.45. The lowest BCUT2D eigenvalue weighted by Gasteiger charge is -2.33. The number of phenolic OH excluding ortho intramolecular Hbond substituents is 1. The predicted octanol–water partition coefficient (Wildman–Crippen LogP) is 2.10. The van der Waals surface area contributed by atoms with Crippen molar-refractivity contribution in [1.29, 1.82) is 0 Å². The van der Waals surface area contributed by atoms with Crippen LogP contribution in [0, 0.1) is 0 Å². The molecule has 4 rings (SSSR count). The largest absolute Gasteiger partial charge is 0.508 e. The zero-order valence-corrected chi connectivity index (χ0v) is 14.6. The number of aromatic nitrogens is 2. The minimum Gasteiger partial charge on any atom is -0.508 e. The second-order valence-electron chi connectivity index (χ2n) is 6.13. The summed E-state index contributed by atoms with van der Waals surface area (Å²) in [6.45, 7) is 0. The molecule has 7 nitrogen and oxygen atoms in total. The Bertz CT molecular complexity index is 1050. The number of ketones is 1. The Hall–Kier alpha value is -2.61. The quantitative estimate of drug-likeness (QED) is 0.581. The molecule has 0 fully saturated rings. The number of aromatic hydroxyl groups is 1. The van der Waals surface area contributed by atoms with Gasteiger partial charge in [-0.1, -0.05) is 15.9 Å². The summed E-state index contributed by atoms with van der Waals surface area (Å²) < 4.78 is 0.714. The molecule has 1 aliphatic heterocycles. The molecule has 0 spiro atoms. The molecule has 0 radical (unpaired) electrons. The number of nitrogens with one attached hydrogen (secondary N) is 3. The van der Waals surface area contributed by atoms with Crippen LogP contribution in [0.25, 0.3) is 0 Å². The Morgan fingerprint density at radius 1 is 1.12 bits per heavy atom. The molecule has 2 aromatic rings. The van der Waals surface area contributed by atoms with Gasteiger partial charge in [-0.15, -0.1) is 0 Å². The van der Waals surface area contributed by atoms with Crippen LogP contribution in [0.1, 0.15) is 36.3 Å². The van der Waals surface area contributed by atoms with E-state index in [2.05, 4.69) is 31.2 Å². The Kier molecular flexibility index (Phi) is 3.64. The zero-order chi connectivity index (χ0) is 17.7. The summed E-state index contributed by atoms with van der Waals surface area (Å²) in [5, 5.41) is 13.4. The van der Waals surface area contributed by atoms with Gasteiger partial charge >= 0.3 is 5.69 Å². The molecular weight excluding hydrogens is 390 g/mol. The summed E-state index contributed by atoms with van der Waals surface area (Å²) in [5.74, 6) is -0.546. The monoisotopic (exact) mass is 403 g/mol. The van der Waals surface area contributed by atoms with E-state index in [1.807, 2.05) is 0 Å². The van der Waals surface area contributed by atoms with Crippen molar-refractivity contribution in [3.8, 4) is 5.75 Å². The summed E-state index contributed by atoms with van der Waals surface area (Å²) in [6.07, 6.45) is 1.73. The summed E-state index contributed by atoms with van der Waals surface area (Å²) in [7, 11) is 0. The first-order valence-corrected chi connectivity index (χ1v) is 8.63. The molecule has 0 saturated carbocycles. The fraction of sp³-hybridized carbons (Fsp3) is 0.235. The van der Waals surface area contributed by atoms with Crippen LogP contribution >= 0.6 is 15.9 Å². The van der Waals surface area contributed by atoms with Crippen LogP contribution in [-0.2, 0) is 4.79 Å². The van der Waals surface area contributed by atoms with E-state index in [0.29, 0.717) is 40.6 Å². The second-order valence-corrected chi connectivity index (χ2v) is 7.04. The number of Topliss-reactive ketones (excluding diaryl/α,β-unsaturated/α-hetero) is 1. The fourth-order valence-electron chi connectivity index (χ4n) is 3.56. The third-order valence-electron chi connectivity index (χ3n) is 4.59. The van der Waals surface area contributed by atoms with E-state index >= 15 is 0 Å². The highest BCUT2D eigenvalue weighted by molar-refractivity contribution is 9.10. The number of hydrogen-bond acceptors (Lipinski definition) is 5. The number of fused-ring (bicyclic) bond motifs is 1. The molecule has 4 N–H and O–H groups in total. The number of phenols is 1. The topological polar surface area (TPSA) is 115 Å². The summed E-state index contributed by atoms with van der Waals surface area (Å²) in [5.41, 5.74) is 0.624. The van der Waals surface area contributed by atoms with Gasteiger partial charge in [-0.05, 0) is 31.0 Å². The van der Waals surface area contributed by atoms with Gasteiger partial charge in [-0.2, -0.15) is 0 Å². The molecule has 128 valence electrons. The van der Waals surface area contributed by atoms with Crippen LogP contribution in [0.2, 0.25) is 0 Å². The van der Waals surface area contributed by atoms with Gasteiger partial charge in [0.1, 0.15) is 11.6 Å². The zero-order valence-electron chi connectivity index (χ0n) is 13.0. The van der Waals surface area contributed by atoms with Gasteiger partial charge in [0.05, 0.1) is 11.5 Å². The Labute approximate surface area is 149 Å². The maximum absolute atomic E-state index is 12.6. The summed E-state index contributed by atoms with van der Waals surface area (Å²) in [6, 6.07) is 4.87. The second kappa shape index (κ2) is 5.73. The minimum atomic E-state index is -0.739. The van der Waals surface area contributed by atoms with Gasteiger partial charge in [0, 0.05) is 27.7 Å². The van der Waals surface area contributed by atoms with E-state index in [9.17, 15) is 19.5 Å². The average molecular weight is 404 g/mol. The summed E-state index contributed by atoms with van der Waals surface area (Å²) in [4.78, 5) is 41.6. The minimum absolute atomic E-state index is 0.0168. The van der Waals surface area contributed by atoms with Crippen LogP contribution in [0.3, 0.4) is 0 Å².